The van der Waals surface area contributed by atoms with Crippen LogP contribution in [0.15, 0.2) is 0 Å². The van der Waals surface area contributed by atoms with Crippen LogP contribution in [0.2, 0.25) is 0 Å². The highest BCUT2D eigenvalue weighted by Crippen LogP contribution is 2.21. The summed E-state index contributed by atoms with van der Waals surface area (Å²) in [5, 5.41) is 0. The molecule has 0 aromatic carbocycles. The van der Waals surface area contributed by atoms with E-state index in [4.69, 9.17) is 0 Å². The number of Topliss-reactive ketones (excluding diaryl/α,β-unsaturated/α-hetero) is 2. The van der Waals surface area contributed by atoms with Crippen molar-refractivity contribution in [3.05, 3.63) is 0 Å². The normalized spacial score (nSPS) is 12.8. The smallest absolute Gasteiger partial charge is 0.299 e. The van der Waals surface area contributed by atoms with E-state index >= 15 is 0 Å². The van der Waals surface area contributed by atoms with Crippen LogP contribution in [0.3, 0.4) is 0 Å². The molecule has 0 spiro atoms. The summed E-state index contributed by atoms with van der Waals surface area (Å²) < 4.78 is 24.7. The first-order valence-electron chi connectivity index (χ1n) is 3.99. The second-order valence-electron chi connectivity index (χ2n) is 4.16. The molecule has 0 saturated heterocycles. The Morgan fingerprint density at radius 1 is 1.00 bits per heavy atom. The van der Waals surface area contributed by atoms with Gasteiger partial charge in [0.1, 0.15) is 5.78 Å². The van der Waals surface area contributed by atoms with Gasteiger partial charge in [0.15, 0.2) is 0 Å². The Kier molecular flexibility index (Phi) is 3.30. The van der Waals surface area contributed by atoms with Crippen LogP contribution < -0.4 is 0 Å². The largest absolute Gasteiger partial charge is 0.302 e. The Morgan fingerprint density at radius 3 is 1.62 bits per heavy atom. The first-order valence-corrected chi connectivity index (χ1v) is 3.99. The lowest BCUT2D eigenvalue weighted by molar-refractivity contribution is -0.145. The van der Waals surface area contributed by atoms with Gasteiger partial charge in [0.2, 0.25) is 5.78 Å². The predicted octanol–water partition coefficient (Wildman–Crippen LogP) is 2.22. The van der Waals surface area contributed by atoms with E-state index in [-0.39, 0.29) is 0 Å². The molecule has 0 aliphatic rings. The van der Waals surface area contributed by atoms with E-state index in [0.717, 1.165) is 0 Å². The minimum Gasteiger partial charge on any atom is -0.299 e. The summed E-state index contributed by atoms with van der Waals surface area (Å²) >= 11 is 0. The van der Waals surface area contributed by atoms with Gasteiger partial charge in [0, 0.05) is 12.3 Å². The molecule has 0 atom stereocenters. The topological polar surface area (TPSA) is 34.1 Å². The molecule has 0 radical (unpaired) electrons. The first-order chi connectivity index (χ1) is 5.55. The second kappa shape index (κ2) is 3.52. The summed E-state index contributed by atoms with van der Waals surface area (Å²) in [5.41, 5.74) is -0.735. The van der Waals surface area contributed by atoms with Gasteiger partial charge < -0.3 is 0 Å². The average molecular weight is 192 g/mol. The molecule has 76 valence electrons. The lowest BCUT2D eigenvalue weighted by atomic mass is 9.87. The molecule has 0 saturated carbocycles. The Labute approximate surface area is 76.3 Å². The van der Waals surface area contributed by atoms with Gasteiger partial charge in [-0.25, -0.2) is 0 Å². The maximum Gasteiger partial charge on any atom is 0.302 e. The van der Waals surface area contributed by atoms with Crippen molar-refractivity contribution in [3.63, 3.8) is 0 Å². The van der Waals surface area contributed by atoms with Crippen LogP contribution >= 0.6 is 0 Å². The van der Waals surface area contributed by atoms with Gasteiger partial charge in [0.05, 0.1) is 6.42 Å². The number of rotatable bonds is 3. The summed E-state index contributed by atoms with van der Waals surface area (Å²) in [7, 11) is 0. The summed E-state index contributed by atoms with van der Waals surface area (Å²) in [6.45, 7) is 5.29. The van der Waals surface area contributed by atoms with E-state index in [1.165, 1.54) is 0 Å². The maximum atomic E-state index is 12.4. The molecule has 0 aromatic rings. The number of ketones is 2. The van der Waals surface area contributed by atoms with Crippen molar-refractivity contribution >= 4 is 11.6 Å². The summed E-state index contributed by atoms with van der Waals surface area (Å²) in [6, 6.07) is 0. The Bertz CT molecular complexity index is 197. The van der Waals surface area contributed by atoms with Crippen LogP contribution in [0.5, 0.6) is 0 Å². The van der Waals surface area contributed by atoms with Crippen molar-refractivity contribution < 1.29 is 18.4 Å². The zero-order valence-electron chi connectivity index (χ0n) is 8.28. The molecule has 0 N–H and O–H groups in total. The van der Waals surface area contributed by atoms with Gasteiger partial charge in [0.25, 0.3) is 0 Å². The van der Waals surface area contributed by atoms with Crippen LogP contribution in [0.4, 0.5) is 8.78 Å². The highest BCUT2D eigenvalue weighted by Gasteiger charge is 2.35. The third-order valence-corrected chi connectivity index (χ3v) is 1.65. The maximum absolute atomic E-state index is 12.4. The first kappa shape index (κ1) is 12.2. The zero-order valence-corrected chi connectivity index (χ0v) is 8.28. The molecule has 0 unspecified atom stereocenters. The van der Waals surface area contributed by atoms with E-state index < -0.39 is 29.3 Å². The summed E-state index contributed by atoms with van der Waals surface area (Å²) in [4.78, 5) is 21.9. The standard InChI is InChI=1S/C9H14F2O2/c1-8(2,3)6(12)5-7(13)9(4,10)11/h5H2,1-4H3. The Hall–Kier alpha value is -0.800. The third kappa shape index (κ3) is 4.10. The molecule has 0 amide bonds. The molecule has 13 heavy (non-hydrogen) atoms. The van der Waals surface area contributed by atoms with Crippen molar-refractivity contribution in [1.29, 1.82) is 0 Å². The van der Waals surface area contributed by atoms with Gasteiger partial charge in [-0.05, 0) is 0 Å². The van der Waals surface area contributed by atoms with E-state index in [9.17, 15) is 18.4 Å². The lowest BCUT2D eigenvalue weighted by Crippen LogP contribution is -2.31. The lowest BCUT2D eigenvalue weighted by Gasteiger charge is -2.17. The number of alkyl halides is 2. The molecule has 0 rings (SSSR count). The van der Waals surface area contributed by atoms with Crippen LogP contribution in [0, 0.1) is 5.41 Å². The number of halogens is 2. The van der Waals surface area contributed by atoms with Gasteiger partial charge in [-0.3, -0.25) is 9.59 Å². The van der Waals surface area contributed by atoms with Gasteiger partial charge in [-0.15, -0.1) is 0 Å². The molecular weight excluding hydrogens is 178 g/mol. The number of carbonyl (C=O) groups excluding carboxylic acids is 2. The van der Waals surface area contributed by atoms with E-state index in [2.05, 4.69) is 0 Å². The van der Waals surface area contributed by atoms with Crippen molar-refractivity contribution in [2.45, 2.75) is 40.0 Å². The minimum atomic E-state index is -3.40. The SMILES string of the molecule is CC(C)(C)C(=O)CC(=O)C(C)(F)F. The molecule has 0 heterocycles. The fourth-order valence-corrected chi connectivity index (χ4v) is 0.566. The predicted molar refractivity (Wildman–Crippen MR) is 44.7 cm³/mol. The third-order valence-electron chi connectivity index (χ3n) is 1.65. The van der Waals surface area contributed by atoms with Gasteiger partial charge in [-0.1, -0.05) is 20.8 Å². The zero-order chi connectivity index (χ0) is 10.9. The van der Waals surface area contributed by atoms with Gasteiger partial charge in [-0.2, -0.15) is 8.78 Å². The van der Waals surface area contributed by atoms with Crippen molar-refractivity contribution in [3.8, 4) is 0 Å². The van der Waals surface area contributed by atoms with Crippen molar-refractivity contribution in [2.75, 3.05) is 0 Å². The van der Waals surface area contributed by atoms with Crippen molar-refractivity contribution in [1.82, 2.24) is 0 Å². The molecule has 0 aliphatic heterocycles. The van der Waals surface area contributed by atoms with Crippen molar-refractivity contribution in [2.24, 2.45) is 5.41 Å². The highest BCUT2D eigenvalue weighted by molar-refractivity contribution is 6.03. The van der Waals surface area contributed by atoms with Gasteiger partial charge >= 0.3 is 5.92 Å². The van der Waals surface area contributed by atoms with Crippen LogP contribution in [0.1, 0.15) is 34.1 Å². The molecule has 0 aliphatic carbocycles. The average Bonchev–Trinajstić information content (AvgIpc) is 1.82. The fourth-order valence-electron chi connectivity index (χ4n) is 0.566. The molecule has 2 nitrogen and oxygen atoms in total. The Morgan fingerprint density at radius 2 is 1.38 bits per heavy atom. The summed E-state index contributed by atoms with van der Waals surface area (Å²) in [6.07, 6.45) is -0.688. The second-order valence-corrected chi connectivity index (χ2v) is 4.16. The number of hydrogen-bond acceptors (Lipinski definition) is 2. The van der Waals surface area contributed by atoms with E-state index in [1.54, 1.807) is 20.8 Å². The van der Waals surface area contributed by atoms with Crippen LogP contribution in [0.25, 0.3) is 0 Å². The minimum absolute atomic E-state index is 0.459. The number of hydrogen-bond donors (Lipinski definition) is 0. The van der Waals surface area contributed by atoms with Crippen LogP contribution in [-0.2, 0) is 9.59 Å². The summed E-state index contributed by atoms with van der Waals surface area (Å²) in [5.74, 6) is -5.17. The molecular formula is C9H14F2O2. The molecule has 0 bridgehead atoms. The molecule has 4 heteroatoms. The number of carbonyl (C=O) groups is 2. The fraction of sp³-hybridized carbons (Fsp3) is 0.778. The molecule has 0 aromatic heterocycles. The van der Waals surface area contributed by atoms with E-state index in [0.29, 0.717) is 6.92 Å². The quantitative estimate of drug-likeness (QED) is 0.642. The van der Waals surface area contributed by atoms with E-state index in [1.807, 2.05) is 0 Å². The monoisotopic (exact) mass is 192 g/mol. The Balaban J connectivity index is 4.34. The highest BCUT2D eigenvalue weighted by atomic mass is 19.3. The molecule has 0 fully saturated rings. The van der Waals surface area contributed by atoms with Crippen LogP contribution in [-0.4, -0.2) is 17.5 Å².